The Morgan fingerprint density at radius 2 is 1.63 bits per heavy atom. The molecule has 0 spiro atoms. The Morgan fingerprint density at radius 3 is 2.46 bits per heavy atom. The third-order valence-corrected chi connectivity index (χ3v) is 7.50. The molecule has 1 aliphatic heterocycles. The fourth-order valence-corrected chi connectivity index (χ4v) is 5.82. The summed E-state index contributed by atoms with van der Waals surface area (Å²) in [5.41, 5.74) is 3.02. The van der Waals surface area contributed by atoms with Crippen LogP contribution in [0.2, 0.25) is 0 Å². The number of nitrogens with zero attached hydrogens (tertiary/aromatic N) is 4. The number of furan rings is 1. The molecular weight excluding hydrogens is 456 g/mol. The minimum Gasteiger partial charge on any atom is -0.497 e. The average molecular weight is 477 g/mol. The summed E-state index contributed by atoms with van der Waals surface area (Å²) in [5, 5.41) is 15.5. The van der Waals surface area contributed by atoms with Gasteiger partial charge in [0.1, 0.15) is 16.7 Å². The van der Waals surface area contributed by atoms with Gasteiger partial charge in [-0.3, -0.25) is 5.01 Å². The van der Waals surface area contributed by atoms with Crippen molar-refractivity contribution in [2.75, 3.05) is 12.1 Å². The van der Waals surface area contributed by atoms with E-state index in [0.717, 1.165) is 38.5 Å². The Bertz CT molecular complexity index is 1670. The molecule has 170 valence electrons. The van der Waals surface area contributed by atoms with Gasteiger partial charge in [-0.1, -0.05) is 72.4 Å². The lowest BCUT2D eigenvalue weighted by Crippen LogP contribution is -2.28. The van der Waals surface area contributed by atoms with Crippen molar-refractivity contribution in [1.29, 1.82) is 0 Å². The van der Waals surface area contributed by atoms with Crippen molar-refractivity contribution in [2.24, 2.45) is 0 Å². The van der Waals surface area contributed by atoms with Crippen LogP contribution in [0, 0.1) is 0 Å². The number of ether oxygens (including phenoxy) is 1. The van der Waals surface area contributed by atoms with Crippen molar-refractivity contribution < 1.29 is 9.15 Å². The number of rotatable bonds is 4. The van der Waals surface area contributed by atoms with Gasteiger partial charge in [0.15, 0.2) is 5.76 Å². The van der Waals surface area contributed by atoms with Gasteiger partial charge in [-0.25, -0.2) is 4.68 Å². The summed E-state index contributed by atoms with van der Waals surface area (Å²) < 4.78 is 13.8. The quantitative estimate of drug-likeness (QED) is 0.275. The SMILES string of the molecule is COc1ccc(C2Sc3nnc(-c4cc5c(ccc6ccccc65)o4)n3N2c2ccccc2)cc1. The second kappa shape index (κ2) is 7.92. The third-order valence-electron chi connectivity index (χ3n) is 6.33. The highest BCUT2D eigenvalue weighted by molar-refractivity contribution is 7.99. The summed E-state index contributed by atoms with van der Waals surface area (Å²) in [4.78, 5) is 0. The summed E-state index contributed by atoms with van der Waals surface area (Å²) in [7, 11) is 1.68. The van der Waals surface area contributed by atoms with Gasteiger partial charge in [0.25, 0.3) is 0 Å². The molecule has 1 unspecified atom stereocenters. The highest BCUT2D eigenvalue weighted by Crippen LogP contribution is 2.48. The van der Waals surface area contributed by atoms with E-state index in [9.17, 15) is 0 Å². The zero-order valence-electron chi connectivity index (χ0n) is 18.8. The van der Waals surface area contributed by atoms with Gasteiger partial charge in [-0.05, 0) is 52.7 Å². The molecule has 0 saturated heterocycles. The number of hydrogen-bond donors (Lipinski definition) is 0. The van der Waals surface area contributed by atoms with E-state index in [1.54, 1.807) is 18.9 Å². The Morgan fingerprint density at radius 1 is 0.829 bits per heavy atom. The van der Waals surface area contributed by atoms with E-state index < -0.39 is 0 Å². The van der Waals surface area contributed by atoms with Gasteiger partial charge in [-0.15, -0.1) is 10.2 Å². The van der Waals surface area contributed by atoms with Crippen molar-refractivity contribution in [1.82, 2.24) is 14.9 Å². The number of benzene rings is 4. The molecule has 7 rings (SSSR count). The molecule has 2 aromatic heterocycles. The molecule has 0 fully saturated rings. The maximum atomic E-state index is 6.33. The van der Waals surface area contributed by atoms with Crippen LogP contribution >= 0.6 is 11.8 Å². The fraction of sp³-hybridized carbons (Fsp3) is 0.0714. The summed E-state index contributed by atoms with van der Waals surface area (Å²) >= 11 is 1.66. The van der Waals surface area contributed by atoms with Gasteiger partial charge in [0.2, 0.25) is 11.0 Å². The van der Waals surface area contributed by atoms with E-state index in [0.29, 0.717) is 11.6 Å². The molecule has 6 aromatic rings. The Hall–Kier alpha value is -4.23. The molecule has 1 atom stereocenters. The van der Waals surface area contributed by atoms with Crippen LogP contribution in [0.3, 0.4) is 0 Å². The highest BCUT2D eigenvalue weighted by Gasteiger charge is 2.37. The minimum absolute atomic E-state index is 0.0160. The zero-order chi connectivity index (χ0) is 23.4. The second-order valence-corrected chi connectivity index (χ2v) is 9.40. The van der Waals surface area contributed by atoms with Crippen molar-refractivity contribution in [3.8, 4) is 17.3 Å². The molecule has 0 bridgehead atoms. The molecule has 1 aliphatic rings. The van der Waals surface area contributed by atoms with Gasteiger partial charge in [0.05, 0.1) is 12.8 Å². The molecule has 0 radical (unpaired) electrons. The standard InChI is InChI=1S/C28H20N4O2S/c1-33-21-14-11-19(12-15-21)27-31(20-8-3-2-4-9-20)32-26(29-30-28(32)35-27)25-17-23-22-10-6-5-7-18(22)13-16-24(23)34-25/h2-17,27H,1H3. The molecular formula is C28H20N4O2S. The Balaban J connectivity index is 1.39. The first-order valence-corrected chi connectivity index (χ1v) is 12.2. The summed E-state index contributed by atoms with van der Waals surface area (Å²) in [6, 6.07) is 33.0. The van der Waals surface area contributed by atoms with Gasteiger partial charge in [-0.2, -0.15) is 0 Å². The number of hydrogen-bond acceptors (Lipinski definition) is 6. The van der Waals surface area contributed by atoms with E-state index in [2.05, 4.69) is 80.5 Å². The maximum Gasteiger partial charge on any atom is 0.219 e. The second-order valence-electron chi connectivity index (χ2n) is 8.35. The van der Waals surface area contributed by atoms with E-state index in [4.69, 9.17) is 9.15 Å². The number of thioether (sulfide) groups is 1. The first-order valence-electron chi connectivity index (χ1n) is 11.3. The van der Waals surface area contributed by atoms with E-state index >= 15 is 0 Å². The lowest BCUT2D eigenvalue weighted by atomic mass is 10.1. The molecule has 0 saturated carbocycles. The van der Waals surface area contributed by atoms with Gasteiger partial charge >= 0.3 is 0 Å². The van der Waals surface area contributed by atoms with Crippen LogP contribution in [0.4, 0.5) is 5.69 Å². The monoisotopic (exact) mass is 476 g/mol. The number of aromatic nitrogens is 3. The van der Waals surface area contributed by atoms with Crippen molar-refractivity contribution in [3.63, 3.8) is 0 Å². The van der Waals surface area contributed by atoms with E-state index in [1.807, 2.05) is 36.4 Å². The van der Waals surface area contributed by atoms with Crippen LogP contribution in [-0.2, 0) is 0 Å². The Labute approximate surface area is 205 Å². The molecule has 6 nitrogen and oxygen atoms in total. The average Bonchev–Trinajstić information content (AvgIpc) is 3.62. The molecule has 0 N–H and O–H groups in total. The maximum absolute atomic E-state index is 6.33. The van der Waals surface area contributed by atoms with Crippen molar-refractivity contribution in [2.45, 2.75) is 10.5 Å². The van der Waals surface area contributed by atoms with Crippen molar-refractivity contribution >= 4 is 39.2 Å². The smallest absolute Gasteiger partial charge is 0.219 e. The lowest BCUT2D eigenvalue weighted by molar-refractivity contribution is 0.414. The summed E-state index contributed by atoms with van der Waals surface area (Å²) in [6.45, 7) is 0. The molecule has 0 amide bonds. The molecule has 0 aliphatic carbocycles. The summed E-state index contributed by atoms with van der Waals surface area (Å²) in [5.74, 6) is 2.19. The van der Waals surface area contributed by atoms with Crippen molar-refractivity contribution in [3.05, 3.63) is 103 Å². The molecule has 4 aromatic carbocycles. The van der Waals surface area contributed by atoms with Gasteiger partial charge < -0.3 is 9.15 Å². The number of methoxy groups -OCH3 is 1. The lowest BCUT2D eigenvalue weighted by Gasteiger charge is -2.27. The minimum atomic E-state index is -0.0160. The summed E-state index contributed by atoms with van der Waals surface area (Å²) in [6.07, 6.45) is 0. The first-order chi connectivity index (χ1) is 17.3. The van der Waals surface area contributed by atoms with Crippen LogP contribution < -0.4 is 9.75 Å². The largest absolute Gasteiger partial charge is 0.497 e. The van der Waals surface area contributed by atoms with Crippen LogP contribution in [0.15, 0.2) is 107 Å². The molecule has 7 heteroatoms. The number of anilines is 1. The third kappa shape index (κ3) is 3.19. The van der Waals surface area contributed by atoms with E-state index in [1.165, 1.54) is 5.39 Å². The molecule has 3 heterocycles. The Kier molecular flexibility index (Phi) is 4.57. The van der Waals surface area contributed by atoms with Crippen LogP contribution in [0.25, 0.3) is 33.3 Å². The topological polar surface area (TPSA) is 56.3 Å². The predicted molar refractivity (Wildman–Crippen MR) is 139 cm³/mol. The van der Waals surface area contributed by atoms with Crippen LogP contribution in [0.1, 0.15) is 10.9 Å². The van der Waals surface area contributed by atoms with Gasteiger partial charge in [0, 0.05) is 5.39 Å². The molecule has 35 heavy (non-hydrogen) atoms. The highest BCUT2D eigenvalue weighted by atomic mass is 32.2. The normalized spacial score (nSPS) is 15.1. The number of fused-ring (bicyclic) bond motifs is 4. The van der Waals surface area contributed by atoms with Crippen LogP contribution in [0.5, 0.6) is 5.75 Å². The number of para-hydroxylation sites is 1. The fourth-order valence-electron chi connectivity index (χ4n) is 4.65. The van der Waals surface area contributed by atoms with Crippen LogP contribution in [-0.4, -0.2) is 22.0 Å². The predicted octanol–water partition coefficient (Wildman–Crippen LogP) is 6.93. The zero-order valence-corrected chi connectivity index (χ0v) is 19.6. The first kappa shape index (κ1) is 20.2. The van der Waals surface area contributed by atoms with E-state index in [-0.39, 0.29) is 5.37 Å².